The van der Waals surface area contributed by atoms with Crippen LogP contribution in [0.5, 0.6) is 5.75 Å². The van der Waals surface area contributed by atoms with Crippen molar-refractivity contribution in [3.05, 3.63) is 79.6 Å². The molecule has 0 aliphatic rings. The summed E-state index contributed by atoms with van der Waals surface area (Å²) in [5.41, 5.74) is 4.16. The SMILES string of the molecule is COc1ccc(Cl)cc1NC(=O)/C(C#N)=C/c1cc(C)n(-c2ccc(I)cc2)c1C. The Bertz CT molecular complexity index is 1170. The van der Waals surface area contributed by atoms with E-state index < -0.39 is 5.91 Å². The van der Waals surface area contributed by atoms with Gasteiger partial charge in [0.15, 0.2) is 0 Å². The van der Waals surface area contributed by atoms with E-state index in [2.05, 4.69) is 32.5 Å². The Kier molecular flexibility index (Phi) is 6.85. The second-order valence-electron chi connectivity index (χ2n) is 6.61. The molecule has 0 saturated carbocycles. The van der Waals surface area contributed by atoms with Gasteiger partial charge in [0.1, 0.15) is 17.4 Å². The number of hydrogen-bond donors (Lipinski definition) is 1. The van der Waals surface area contributed by atoms with E-state index in [0.717, 1.165) is 26.2 Å². The zero-order valence-electron chi connectivity index (χ0n) is 16.7. The molecule has 3 aromatic rings. The molecule has 0 radical (unpaired) electrons. The predicted octanol–water partition coefficient (Wildman–Crippen LogP) is 5.91. The van der Waals surface area contributed by atoms with E-state index in [0.29, 0.717) is 16.5 Å². The molecule has 1 heterocycles. The number of anilines is 1. The number of nitrogens with zero attached hydrogens (tertiary/aromatic N) is 2. The van der Waals surface area contributed by atoms with Crippen LogP contribution in [0, 0.1) is 28.7 Å². The average Bonchev–Trinajstić information content (AvgIpc) is 3.00. The maximum absolute atomic E-state index is 12.7. The number of carbonyl (C=O) groups excluding carboxylic acids is 1. The summed E-state index contributed by atoms with van der Waals surface area (Å²) in [6.45, 7) is 3.95. The van der Waals surface area contributed by atoms with Crippen LogP contribution in [0.15, 0.2) is 54.1 Å². The van der Waals surface area contributed by atoms with Gasteiger partial charge in [0.2, 0.25) is 0 Å². The zero-order chi connectivity index (χ0) is 21.8. The molecule has 30 heavy (non-hydrogen) atoms. The molecule has 0 aliphatic heterocycles. The third kappa shape index (κ3) is 4.69. The Morgan fingerprint density at radius 1 is 1.20 bits per heavy atom. The highest BCUT2D eigenvalue weighted by Crippen LogP contribution is 2.28. The smallest absolute Gasteiger partial charge is 0.266 e. The molecule has 0 unspecified atom stereocenters. The lowest BCUT2D eigenvalue weighted by Crippen LogP contribution is -2.14. The van der Waals surface area contributed by atoms with Crippen LogP contribution in [0.2, 0.25) is 5.02 Å². The number of amides is 1. The van der Waals surface area contributed by atoms with Gasteiger partial charge in [-0.15, -0.1) is 0 Å². The lowest BCUT2D eigenvalue weighted by Gasteiger charge is -2.10. The maximum Gasteiger partial charge on any atom is 0.266 e. The number of carbonyl (C=O) groups is 1. The van der Waals surface area contributed by atoms with Crippen LogP contribution >= 0.6 is 34.2 Å². The first-order valence-corrected chi connectivity index (χ1v) is 10.5. The van der Waals surface area contributed by atoms with Gasteiger partial charge in [-0.25, -0.2) is 0 Å². The van der Waals surface area contributed by atoms with Crippen molar-refractivity contribution in [1.82, 2.24) is 4.57 Å². The van der Waals surface area contributed by atoms with Gasteiger partial charge >= 0.3 is 0 Å². The van der Waals surface area contributed by atoms with E-state index in [1.165, 1.54) is 7.11 Å². The lowest BCUT2D eigenvalue weighted by molar-refractivity contribution is -0.112. The first-order chi connectivity index (χ1) is 14.3. The summed E-state index contributed by atoms with van der Waals surface area (Å²) in [6.07, 6.45) is 1.60. The summed E-state index contributed by atoms with van der Waals surface area (Å²) >= 11 is 8.29. The highest BCUT2D eigenvalue weighted by Gasteiger charge is 2.15. The van der Waals surface area contributed by atoms with Crippen molar-refractivity contribution in [3.63, 3.8) is 0 Å². The number of benzene rings is 2. The number of aryl methyl sites for hydroxylation is 1. The predicted molar refractivity (Wildman–Crippen MR) is 128 cm³/mol. The Balaban J connectivity index is 1.94. The Labute approximate surface area is 194 Å². The van der Waals surface area contributed by atoms with E-state index in [9.17, 15) is 10.1 Å². The van der Waals surface area contributed by atoms with Gasteiger partial charge in [-0.3, -0.25) is 4.79 Å². The Hall–Kier alpha value is -2.76. The average molecular weight is 532 g/mol. The second-order valence-corrected chi connectivity index (χ2v) is 8.29. The quantitative estimate of drug-likeness (QED) is 0.253. The molecule has 7 heteroatoms. The highest BCUT2D eigenvalue weighted by molar-refractivity contribution is 14.1. The van der Waals surface area contributed by atoms with Crippen LogP contribution < -0.4 is 10.1 Å². The van der Waals surface area contributed by atoms with Gasteiger partial charge in [-0.05, 0) is 96.6 Å². The van der Waals surface area contributed by atoms with Crippen LogP contribution in [0.25, 0.3) is 11.8 Å². The van der Waals surface area contributed by atoms with Crippen LogP contribution in [-0.4, -0.2) is 17.6 Å². The van der Waals surface area contributed by atoms with E-state index in [4.69, 9.17) is 16.3 Å². The molecular weight excluding hydrogens is 513 g/mol. The maximum atomic E-state index is 12.7. The van der Waals surface area contributed by atoms with Crippen molar-refractivity contribution in [2.45, 2.75) is 13.8 Å². The number of methoxy groups -OCH3 is 1. The van der Waals surface area contributed by atoms with E-state index in [1.54, 1.807) is 24.3 Å². The third-order valence-electron chi connectivity index (χ3n) is 4.63. The zero-order valence-corrected chi connectivity index (χ0v) is 19.6. The van der Waals surface area contributed by atoms with E-state index >= 15 is 0 Å². The van der Waals surface area contributed by atoms with Crippen molar-refractivity contribution >= 4 is 51.9 Å². The largest absolute Gasteiger partial charge is 0.495 e. The number of rotatable bonds is 5. The fourth-order valence-corrected chi connectivity index (χ4v) is 3.72. The molecule has 0 fully saturated rings. The molecule has 2 aromatic carbocycles. The molecule has 1 aromatic heterocycles. The molecule has 1 amide bonds. The topological polar surface area (TPSA) is 67.0 Å². The van der Waals surface area contributed by atoms with E-state index in [1.807, 2.05) is 50.2 Å². The molecule has 0 atom stereocenters. The van der Waals surface area contributed by atoms with Gasteiger partial charge in [0, 0.05) is 25.7 Å². The van der Waals surface area contributed by atoms with Crippen molar-refractivity contribution in [2.75, 3.05) is 12.4 Å². The van der Waals surface area contributed by atoms with Crippen molar-refractivity contribution in [1.29, 1.82) is 5.26 Å². The summed E-state index contributed by atoms with van der Waals surface area (Å²) < 4.78 is 8.49. The minimum Gasteiger partial charge on any atom is -0.495 e. The van der Waals surface area contributed by atoms with Gasteiger partial charge in [-0.2, -0.15) is 5.26 Å². The number of halogens is 2. The third-order valence-corrected chi connectivity index (χ3v) is 5.58. The molecule has 0 aliphatic carbocycles. The fraction of sp³-hybridized carbons (Fsp3) is 0.130. The molecule has 0 saturated heterocycles. The number of aromatic nitrogens is 1. The second kappa shape index (κ2) is 9.37. The molecule has 0 bridgehead atoms. The highest BCUT2D eigenvalue weighted by atomic mass is 127. The van der Waals surface area contributed by atoms with Gasteiger partial charge in [-0.1, -0.05) is 11.6 Å². The molecule has 3 rings (SSSR count). The van der Waals surface area contributed by atoms with Crippen LogP contribution in [0.4, 0.5) is 5.69 Å². The van der Waals surface area contributed by atoms with Crippen LogP contribution in [0.3, 0.4) is 0 Å². The number of ether oxygens (including phenoxy) is 1. The normalized spacial score (nSPS) is 11.1. The number of nitriles is 1. The van der Waals surface area contributed by atoms with Crippen LogP contribution in [-0.2, 0) is 4.79 Å². The summed E-state index contributed by atoms with van der Waals surface area (Å²) in [6, 6.07) is 17.0. The number of hydrogen-bond acceptors (Lipinski definition) is 3. The Morgan fingerprint density at radius 3 is 2.53 bits per heavy atom. The summed E-state index contributed by atoms with van der Waals surface area (Å²) in [5, 5.41) is 12.7. The standard InChI is InChI=1S/C23H19ClIN3O2/c1-14-10-16(15(2)28(14)20-7-5-19(25)6-8-20)11-17(13-26)23(29)27-21-12-18(24)4-9-22(21)30-3/h4-12H,1-3H3,(H,27,29)/b17-11+. The summed E-state index contributed by atoms with van der Waals surface area (Å²) in [7, 11) is 1.50. The first-order valence-electron chi connectivity index (χ1n) is 9.05. The summed E-state index contributed by atoms with van der Waals surface area (Å²) in [4.78, 5) is 12.7. The van der Waals surface area contributed by atoms with Gasteiger partial charge in [0.05, 0.1) is 12.8 Å². The van der Waals surface area contributed by atoms with Crippen molar-refractivity contribution < 1.29 is 9.53 Å². The van der Waals surface area contributed by atoms with Gasteiger partial charge < -0.3 is 14.6 Å². The van der Waals surface area contributed by atoms with Crippen molar-refractivity contribution in [3.8, 4) is 17.5 Å². The Morgan fingerprint density at radius 2 is 1.90 bits per heavy atom. The summed E-state index contributed by atoms with van der Waals surface area (Å²) in [5.74, 6) is -0.0703. The monoisotopic (exact) mass is 531 g/mol. The molecule has 152 valence electrons. The number of nitrogens with one attached hydrogen (secondary N) is 1. The minimum atomic E-state index is -0.530. The lowest BCUT2D eigenvalue weighted by atomic mass is 10.1. The van der Waals surface area contributed by atoms with E-state index in [-0.39, 0.29) is 5.57 Å². The van der Waals surface area contributed by atoms with Crippen LogP contribution in [0.1, 0.15) is 17.0 Å². The first kappa shape index (κ1) is 21.9. The molecular formula is C23H19ClIN3O2. The van der Waals surface area contributed by atoms with Gasteiger partial charge in [0.25, 0.3) is 5.91 Å². The fourth-order valence-electron chi connectivity index (χ4n) is 3.19. The molecule has 5 nitrogen and oxygen atoms in total. The molecule has 1 N–H and O–H groups in total. The van der Waals surface area contributed by atoms with Crippen molar-refractivity contribution in [2.24, 2.45) is 0 Å². The molecule has 0 spiro atoms. The minimum absolute atomic E-state index is 0.0140.